The van der Waals surface area contributed by atoms with Crippen LogP contribution in [-0.4, -0.2) is 24.5 Å². The van der Waals surface area contributed by atoms with Crippen molar-refractivity contribution in [3.8, 4) is 0 Å². The summed E-state index contributed by atoms with van der Waals surface area (Å²) in [6.45, 7) is 10.2. The van der Waals surface area contributed by atoms with E-state index in [0.29, 0.717) is 0 Å². The number of hydrogen-bond donors (Lipinski definition) is 0. The Kier molecular flexibility index (Phi) is 8.03. The molecule has 1 heteroatoms. The summed E-state index contributed by atoms with van der Waals surface area (Å²) < 4.78 is 0. The third-order valence-electron chi connectivity index (χ3n) is 2.15. The van der Waals surface area contributed by atoms with Crippen molar-refractivity contribution in [3.05, 3.63) is 0 Å². The van der Waals surface area contributed by atoms with E-state index in [1.165, 1.54) is 45.3 Å². The number of rotatable bonds is 1. The highest BCUT2D eigenvalue weighted by Gasteiger charge is 2.04. The summed E-state index contributed by atoms with van der Waals surface area (Å²) in [6, 6.07) is 0. The average Bonchev–Trinajstić information content (AvgIpc) is 2.35. The fraction of sp³-hybridized carbons (Fsp3) is 1.00. The van der Waals surface area contributed by atoms with Gasteiger partial charge in [-0.05, 0) is 32.5 Å². The van der Waals surface area contributed by atoms with Crippen LogP contribution in [0.15, 0.2) is 0 Å². The summed E-state index contributed by atoms with van der Waals surface area (Å²) >= 11 is 0. The predicted octanol–water partition coefficient (Wildman–Crippen LogP) is 2.91. The number of likely N-dealkylation sites (tertiary alicyclic amines) is 1. The van der Waals surface area contributed by atoms with Crippen LogP contribution in [0.1, 0.15) is 46.5 Å². The van der Waals surface area contributed by atoms with Crippen molar-refractivity contribution >= 4 is 0 Å². The largest absolute Gasteiger partial charge is 0.304 e. The first-order chi connectivity index (χ1) is 5.43. The van der Waals surface area contributed by atoms with E-state index in [-0.39, 0.29) is 0 Å². The molecule has 0 atom stereocenters. The van der Waals surface area contributed by atoms with Gasteiger partial charge in [0.1, 0.15) is 0 Å². The first kappa shape index (κ1) is 11.0. The highest BCUT2D eigenvalue weighted by Crippen LogP contribution is 2.08. The lowest BCUT2D eigenvalue weighted by Gasteiger charge is -2.15. The van der Waals surface area contributed by atoms with Crippen LogP contribution in [0.5, 0.6) is 0 Å². The highest BCUT2D eigenvalue weighted by molar-refractivity contribution is 4.60. The van der Waals surface area contributed by atoms with Crippen LogP contribution >= 0.6 is 0 Å². The molecule has 0 amide bonds. The maximum atomic E-state index is 2.55. The SMILES string of the molecule is CC.CCN1CCCCCC1. The molecule has 0 saturated carbocycles. The van der Waals surface area contributed by atoms with E-state index < -0.39 is 0 Å². The van der Waals surface area contributed by atoms with Crippen LogP contribution in [0.2, 0.25) is 0 Å². The van der Waals surface area contributed by atoms with E-state index in [1.807, 2.05) is 13.8 Å². The molecule has 0 radical (unpaired) electrons. The average molecular weight is 157 g/mol. The zero-order valence-corrected chi connectivity index (χ0v) is 8.40. The van der Waals surface area contributed by atoms with Gasteiger partial charge in [-0.15, -0.1) is 0 Å². The van der Waals surface area contributed by atoms with Crippen molar-refractivity contribution in [1.82, 2.24) is 4.90 Å². The summed E-state index contributed by atoms with van der Waals surface area (Å²) in [4.78, 5) is 2.55. The van der Waals surface area contributed by atoms with E-state index in [2.05, 4.69) is 11.8 Å². The van der Waals surface area contributed by atoms with Crippen molar-refractivity contribution < 1.29 is 0 Å². The van der Waals surface area contributed by atoms with Crippen molar-refractivity contribution in [2.45, 2.75) is 46.5 Å². The van der Waals surface area contributed by atoms with E-state index in [0.717, 1.165) is 0 Å². The molecule has 1 aliphatic heterocycles. The smallest absolute Gasteiger partial charge is 0.00189 e. The second-order valence-electron chi connectivity index (χ2n) is 2.85. The maximum absolute atomic E-state index is 2.55. The molecule has 0 aromatic heterocycles. The molecule has 1 aliphatic rings. The van der Waals surface area contributed by atoms with Gasteiger partial charge in [-0.25, -0.2) is 0 Å². The number of hydrogen-bond acceptors (Lipinski definition) is 1. The summed E-state index contributed by atoms with van der Waals surface area (Å²) in [6.07, 6.45) is 5.76. The van der Waals surface area contributed by atoms with Crippen LogP contribution in [-0.2, 0) is 0 Å². The Bertz CT molecular complexity index is 63.3. The molecule has 0 bridgehead atoms. The van der Waals surface area contributed by atoms with Gasteiger partial charge in [0.05, 0.1) is 0 Å². The minimum absolute atomic E-state index is 1.25. The van der Waals surface area contributed by atoms with Gasteiger partial charge in [0.15, 0.2) is 0 Å². The Balaban J connectivity index is 0.000000461. The molecule has 1 fully saturated rings. The van der Waals surface area contributed by atoms with Gasteiger partial charge >= 0.3 is 0 Å². The molecule has 1 saturated heterocycles. The second kappa shape index (κ2) is 8.06. The Morgan fingerprint density at radius 1 is 0.909 bits per heavy atom. The lowest BCUT2D eigenvalue weighted by atomic mass is 10.2. The zero-order valence-electron chi connectivity index (χ0n) is 8.40. The molecule has 0 spiro atoms. The monoisotopic (exact) mass is 157 g/mol. The molecule has 0 aromatic rings. The van der Waals surface area contributed by atoms with Crippen LogP contribution < -0.4 is 0 Å². The van der Waals surface area contributed by atoms with Gasteiger partial charge in [0, 0.05) is 0 Å². The van der Waals surface area contributed by atoms with Crippen LogP contribution in [0.3, 0.4) is 0 Å². The quantitative estimate of drug-likeness (QED) is 0.565. The third kappa shape index (κ3) is 5.25. The molecule has 0 unspecified atom stereocenters. The molecule has 0 aromatic carbocycles. The molecule has 1 rings (SSSR count). The maximum Gasteiger partial charge on any atom is -0.00189 e. The fourth-order valence-corrected chi connectivity index (χ4v) is 1.45. The zero-order chi connectivity index (χ0) is 8.53. The highest BCUT2D eigenvalue weighted by atomic mass is 15.1. The first-order valence-electron chi connectivity index (χ1n) is 5.16. The third-order valence-corrected chi connectivity index (χ3v) is 2.15. The molecule has 0 aliphatic carbocycles. The second-order valence-corrected chi connectivity index (χ2v) is 2.85. The van der Waals surface area contributed by atoms with Crippen molar-refractivity contribution in [1.29, 1.82) is 0 Å². The lowest BCUT2D eigenvalue weighted by Crippen LogP contribution is -2.23. The first-order valence-corrected chi connectivity index (χ1v) is 5.16. The molecular weight excluding hydrogens is 134 g/mol. The van der Waals surface area contributed by atoms with Crippen molar-refractivity contribution in [3.63, 3.8) is 0 Å². The Hall–Kier alpha value is -0.0400. The van der Waals surface area contributed by atoms with Gasteiger partial charge in [0.2, 0.25) is 0 Å². The van der Waals surface area contributed by atoms with Gasteiger partial charge in [-0.3, -0.25) is 0 Å². The number of nitrogens with zero attached hydrogens (tertiary/aromatic N) is 1. The van der Waals surface area contributed by atoms with Crippen LogP contribution in [0.4, 0.5) is 0 Å². The van der Waals surface area contributed by atoms with Crippen LogP contribution in [0.25, 0.3) is 0 Å². The summed E-state index contributed by atoms with van der Waals surface area (Å²) in [5, 5.41) is 0. The summed E-state index contributed by atoms with van der Waals surface area (Å²) in [7, 11) is 0. The lowest BCUT2D eigenvalue weighted by molar-refractivity contribution is 0.301. The fourth-order valence-electron chi connectivity index (χ4n) is 1.45. The van der Waals surface area contributed by atoms with Gasteiger partial charge in [0.25, 0.3) is 0 Å². The molecular formula is C10H23N. The topological polar surface area (TPSA) is 3.24 Å². The Morgan fingerprint density at radius 3 is 1.73 bits per heavy atom. The van der Waals surface area contributed by atoms with Crippen molar-refractivity contribution in [2.24, 2.45) is 0 Å². The van der Waals surface area contributed by atoms with Gasteiger partial charge in [-0.2, -0.15) is 0 Å². The molecule has 68 valence electrons. The molecule has 1 heterocycles. The summed E-state index contributed by atoms with van der Waals surface area (Å²) in [5.41, 5.74) is 0. The predicted molar refractivity (Wildman–Crippen MR) is 51.9 cm³/mol. The molecule has 0 N–H and O–H groups in total. The molecule has 1 nitrogen and oxygen atoms in total. The standard InChI is InChI=1S/C8H17N.C2H6/c1-2-9-7-5-3-4-6-8-9;1-2/h2-8H2,1H3;1-2H3. The van der Waals surface area contributed by atoms with Crippen molar-refractivity contribution in [2.75, 3.05) is 19.6 Å². The molecule has 11 heavy (non-hydrogen) atoms. The Labute approximate surface area is 71.8 Å². The normalized spacial score (nSPS) is 19.9. The van der Waals surface area contributed by atoms with Gasteiger partial charge in [-0.1, -0.05) is 33.6 Å². The van der Waals surface area contributed by atoms with E-state index in [1.54, 1.807) is 0 Å². The Morgan fingerprint density at radius 2 is 1.36 bits per heavy atom. The van der Waals surface area contributed by atoms with E-state index in [4.69, 9.17) is 0 Å². The van der Waals surface area contributed by atoms with E-state index in [9.17, 15) is 0 Å². The summed E-state index contributed by atoms with van der Waals surface area (Å²) in [5.74, 6) is 0. The van der Waals surface area contributed by atoms with Gasteiger partial charge < -0.3 is 4.90 Å². The van der Waals surface area contributed by atoms with E-state index >= 15 is 0 Å². The minimum Gasteiger partial charge on any atom is -0.304 e. The minimum atomic E-state index is 1.25. The van der Waals surface area contributed by atoms with Crippen LogP contribution in [0, 0.1) is 0 Å².